The van der Waals surface area contributed by atoms with Gasteiger partial charge in [-0.3, -0.25) is 14.9 Å². The number of Topliss-reactive ketones (excluding diaryl/α,β-unsaturated/α-hetero) is 1. The van der Waals surface area contributed by atoms with E-state index in [1.165, 1.54) is 38.4 Å². The van der Waals surface area contributed by atoms with E-state index >= 15 is 0 Å². The topological polar surface area (TPSA) is 96.4 Å². The number of fused-ring (bicyclic) bond motifs is 1. The van der Waals surface area contributed by atoms with Gasteiger partial charge in [0.2, 0.25) is 10.0 Å². The summed E-state index contributed by atoms with van der Waals surface area (Å²) in [6.07, 6.45) is 0. The maximum atomic E-state index is 12.4. The smallest absolute Gasteiger partial charge is 0.257 e. The fourth-order valence-corrected chi connectivity index (χ4v) is 4.26. The van der Waals surface area contributed by atoms with Gasteiger partial charge in [0.25, 0.3) is 5.91 Å². The third-order valence-electron chi connectivity index (χ3n) is 3.91. The SMILES string of the molecule is CC(=O)c1ccc(C(=O)Nc2nc3ccc(S(=O)(=O)N(C)C)cc3s2)cc1. The summed E-state index contributed by atoms with van der Waals surface area (Å²) < 4.78 is 26.3. The van der Waals surface area contributed by atoms with Gasteiger partial charge in [-0.1, -0.05) is 23.5 Å². The Kier molecular flexibility index (Phi) is 5.09. The molecule has 3 rings (SSSR count). The van der Waals surface area contributed by atoms with E-state index in [9.17, 15) is 18.0 Å². The molecule has 0 aliphatic rings. The molecule has 2 aromatic carbocycles. The predicted molar refractivity (Wildman–Crippen MR) is 105 cm³/mol. The first-order valence-corrected chi connectivity index (χ1v) is 10.2. The molecule has 3 aromatic rings. The molecule has 7 nitrogen and oxygen atoms in total. The van der Waals surface area contributed by atoms with Gasteiger partial charge in [-0.2, -0.15) is 0 Å². The Morgan fingerprint density at radius 2 is 1.67 bits per heavy atom. The molecule has 1 amide bonds. The first kappa shape index (κ1) is 19.2. The fourth-order valence-electron chi connectivity index (χ4n) is 2.36. The van der Waals surface area contributed by atoms with Crippen LogP contribution in [0.1, 0.15) is 27.6 Å². The van der Waals surface area contributed by atoms with Crippen molar-refractivity contribution in [2.45, 2.75) is 11.8 Å². The number of benzene rings is 2. The van der Waals surface area contributed by atoms with Crippen LogP contribution in [-0.2, 0) is 10.0 Å². The number of nitrogens with zero attached hydrogens (tertiary/aromatic N) is 2. The molecule has 0 aliphatic heterocycles. The van der Waals surface area contributed by atoms with Crippen molar-refractivity contribution in [3.63, 3.8) is 0 Å². The number of nitrogens with one attached hydrogen (secondary N) is 1. The van der Waals surface area contributed by atoms with Crippen molar-refractivity contribution in [1.82, 2.24) is 9.29 Å². The third kappa shape index (κ3) is 3.90. The van der Waals surface area contributed by atoms with Gasteiger partial charge in [0.15, 0.2) is 10.9 Å². The van der Waals surface area contributed by atoms with E-state index in [-0.39, 0.29) is 16.6 Å². The van der Waals surface area contributed by atoms with Crippen LogP contribution in [0.4, 0.5) is 5.13 Å². The molecule has 0 bridgehead atoms. The van der Waals surface area contributed by atoms with Crippen LogP contribution in [0.2, 0.25) is 0 Å². The average Bonchev–Trinajstić information content (AvgIpc) is 3.02. The lowest BCUT2D eigenvalue weighted by Crippen LogP contribution is -2.22. The number of hydrogen-bond donors (Lipinski definition) is 1. The molecule has 1 aromatic heterocycles. The van der Waals surface area contributed by atoms with E-state index in [1.807, 2.05) is 0 Å². The maximum absolute atomic E-state index is 12.4. The highest BCUT2D eigenvalue weighted by atomic mass is 32.2. The lowest BCUT2D eigenvalue weighted by molar-refractivity contribution is 0.100. The van der Waals surface area contributed by atoms with E-state index < -0.39 is 10.0 Å². The van der Waals surface area contributed by atoms with Crippen molar-refractivity contribution < 1.29 is 18.0 Å². The van der Waals surface area contributed by atoms with Crippen LogP contribution in [-0.4, -0.2) is 43.5 Å². The number of amides is 1. The van der Waals surface area contributed by atoms with Gasteiger partial charge in [0, 0.05) is 25.2 Å². The Bertz CT molecular complexity index is 1130. The molecule has 1 N–H and O–H groups in total. The van der Waals surface area contributed by atoms with Gasteiger partial charge in [-0.05, 0) is 37.3 Å². The lowest BCUT2D eigenvalue weighted by Gasteiger charge is -2.10. The highest BCUT2D eigenvalue weighted by Crippen LogP contribution is 2.29. The molecular weight excluding hydrogens is 386 g/mol. The quantitative estimate of drug-likeness (QED) is 0.661. The summed E-state index contributed by atoms with van der Waals surface area (Å²) in [5, 5.41) is 3.07. The molecule has 0 saturated carbocycles. The molecule has 140 valence electrons. The number of carbonyl (C=O) groups is 2. The molecule has 0 spiro atoms. The van der Waals surface area contributed by atoms with Gasteiger partial charge < -0.3 is 0 Å². The number of ketones is 1. The number of aromatic nitrogens is 1. The molecule has 0 atom stereocenters. The molecular formula is C18H17N3O4S2. The Morgan fingerprint density at radius 3 is 2.26 bits per heavy atom. The molecule has 0 unspecified atom stereocenters. The normalized spacial score (nSPS) is 11.7. The summed E-state index contributed by atoms with van der Waals surface area (Å²) in [7, 11) is -0.604. The van der Waals surface area contributed by atoms with Gasteiger partial charge >= 0.3 is 0 Å². The number of thiazole rings is 1. The summed E-state index contributed by atoms with van der Waals surface area (Å²) in [6.45, 7) is 1.46. The minimum Gasteiger partial charge on any atom is -0.298 e. The molecule has 0 radical (unpaired) electrons. The van der Waals surface area contributed by atoms with E-state index in [0.29, 0.717) is 26.5 Å². The first-order valence-electron chi connectivity index (χ1n) is 7.94. The minimum absolute atomic E-state index is 0.0726. The second-order valence-corrected chi connectivity index (χ2v) is 9.21. The predicted octanol–water partition coefficient (Wildman–Crippen LogP) is 3.00. The van der Waals surface area contributed by atoms with Crippen molar-refractivity contribution in [3.05, 3.63) is 53.6 Å². The van der Waals surface area contributed by atoms with E-state index in [4.69, 9.17) is 0 Å². The van der Waals surface area contributed by atoms with Crippen LogP contribution in [0.15, 0.2) is 47.4 Å². The Morgan fingerprint density at radius 1 is 1.04 bits per heavy atom. The first-order chi connectivity index (χ1) is 12.7. The molecule has 0 aliphatic carbocycles. The van der Waals surface area contributed by atoms with Crippen LogP contribution < -0.4 is 5.32 Å². The Balaban J connectivity index is 1.85. The van der Waals surface area contributed by atoms with Crippen molar-refractivity contribution in [2.75, 3.05) is 19.4 Å². The van der Waals surface area contributed by atoms with E-state index in [2.05, 4.69) is 10.3 Å². The second kappa shape index (κ2) is 7.18. The Hall–Kier alpha value is -2.62. The minimum atomic E-state index is -3.54. The third-order valence-corrected chi connectivity index (χ3v) is 6.66. The van der Waals surface area contributed by atoms with Crippen LogP contribution in [0.3, 0.4) is 0 Å². The number of anilines is 1. The maximum Gasteiger partial charge on any atom is 0.257 e. The molecule has 0 saturated heterocycles. The van der Waals surface area contributed by atoms with Gasteiger partial charge in [0.05, 0.1) is 15.1 Å². The highest BCUT2D eigenvalue weighted by Gasteiger charge is 2.19. The number of carbonyl (C=O) groups excluding carboxylic acids is 2. The zero-order valence-corrected chi connectivity index (χ0v) is 16.5. The van der Waals surface area contributed by atoms with Crippen molar-refractivity contribution in [3.8, 4) is 0 Å². The fraction of sp³-hybridized carbons (Fsp3) is 0.167. The zero-order valence-electron chi connectivity index (χ0n) is 14.9. The number of hydrogen-bond acceptors (Lipinski definition) is 6. The Labute approximate surface area is 160 Å². The van der Waals surface area contributed by atoms with Gasteiger partial charge in [-0.25, -0.2) is 17.7 Å². The van der Waals surface area contributed by atoms with Crippen molar-refractivity contribution >= 4 is 48.4 Å². The summed E-state index contributed by atoms with van der Waals surface area (Å²) in [4.78, 5) is 28.1. The van der Waals surface area contributed by atoms with Crippen LogP contribution >= 0.6 is 11.3 Å². The van der Waals surface area contributed by atoms with Gasteiger partial charge in [0.1, 0.15) is 0 Å². The highest BCUT2D eigenvalue weighted by molar-refractivity contribution is 7.89. The van der Waals surface area contributed by atoms with Crippen LogP contribution in [0.5, 0.6) is 0 Å². The lowest BCUT2D eigenvalue weighted by atomic mass is 10.1. The summed E-state index contributed by atoms with van der Waals surface area (Å²) in [5.41, 5.74) is 1.52. The molecule has 0 fully saturated rings. The second-order valence-electron chi connectivity index (χ2n) is 6.02. The average molecular weight is 403 g/mol. The van der Waals surface area contributed by atoms with Crippen molar-refractivity contribution in [1.29, 1.82) is 0 Å². The number of rotatable bonds is 5. The number of sulfonamides is 1. The molecule has 1 heterocycles. The standard InChI is InChI=1S/C18H17N3O4S2/c1-11(22)12-4-6-13(7-5-12)17(23)20-18-19-15-9-8-14(10-16(15)26-18)27(24,25)21(2)3/h4-10H,1-3H3,(H,19,20,23). The molecule has 9 heteroatoms. The van der Waals surface area contributed by atoms with Crippen LogP contribution in [0, 0.1) is 0 Å². The summed E-state index contributed by atoms with van der Waals surface area (Å²) in [6, 6.07) is 11.0. The summed E-state index contributed by atoms with van der Waals surface area (Å²) in [5.74, 6) is -0.429. The van der Waals surface area contributed by atoms with Gasteiger partial charge in [-0.15, -0.1) is 0 Å². The summed E-state index contributed by atoms with van der Waals surface area (Å²) >= 11 is 1.19. The molecule has 27 heavy (non-hydrogen) atoms. The van der Waals surface area contributed by atoms with Crippen molar-refractivity contribution in [2.24, 2.45) is 0 Å². The monoisotopic (exact) mass is 403 g/mol. The van der Waals surface area contributed by atoms with E-state index in [0.717, 1.165) is 4.31 Å². The largest absolute Gasteiger partial charge is 0.298 e. The van der Waals surface area contributed by atoms with Crippen LogP contribution in [0.25, 0.3) is 10.2 Å². The zero-order chi connectivity index (χ0) is 19.8. The van der Waals surface area contributed by atoms with E-state index in [1.54, 1.807) is 36.4 Å².